The third-order valence-corrected chi connectivity index (χ3v) is 2.37. The number of hydrogen-bond donors (Lipinski definition) is 3. The molecule has 4 N–H and O–H groups in total. The minimum Gasteiger partial charge on any atom is -0.423 e. The van der Waals surface area contributed by atoms with Gasteiger partial charge in [-0.05, 0) is 12.1 Å². The summed E-state index contributed by atoms with van der Waals surface area (Å²) < 4.78 is 10.4. The fourth-order valence-electron chi connectivity index (χ4n) is 1.55. The van der Waals surface area contributed by atoms with Crippen molar-refractivity contribution in [2.24, 2.45) is 0 Å². The second-order valence-electron chi connectivity index (χ2n) is 3.69. The number of nitrogen functional groups attached to an aromatic ring is 1. The number of rotatable bonds is 5. The third kappa shape index (κ3) is 2.48. The average Bonchev–Trinajstić information content (AvgIpc) is 2.72. The van der Waals surface area contributed by atoms with Gasteiger partial charge in [0.2, 0.25) is 0 Å². The molecule has 2 rings (SSSR count). The fraction of sp³-hybridized carbons (Fsp3) is 0.364. The Kier molecular flexibility index (Phi) is 3.46. The maximum atomic E-state index is 9.11. The van der Waals surface area contributed by atoms with Crippen molar-refractivity contribution in [3.8, 4) is 0 Å². The lowest BCUT2D eigenvalue weighted by molar-refractivity contribution is 0.152. The Morgan fingerprint density at radius 1 is 1.59 bits per heavy atom. The molecule has 6 nitrogen and oxygen atoms in total. The number of oxazole rings is 1. The maximum Gasteiger partial charge on any atom is 0.296 e. The number of anilines is 2. The van der Waals surface area contributed by atoms with Crippen molar-refractivity contribution in [3.63, 3.8) is 0 Å². The van der Waals surface area contributed by atoms with Gasteiger partial charge in [-0.2, -0.15) is 4.98 Å². The molecule has 0 saturated heterocycles. The van der Waals surface area contributed by atoms with E-state index in [0.29, 0.717) is 29.4 Å². The minimum absolute atomic E-state index is 0.0674. The molecule has 0 bridgehead atoms. The summed E-state index contributed by atoms with van der Waals surface area (Å²) >= 11 is 0. The first kappa shape index (κ1) is 11.7. The standard InChI is InChI=1S/C11H15N3O3/c1-16-6-7(5-15)13-11-14-10-8(12)3-2-4-9(10)17-11/h2-4,7,15H,5-6,12H2,1H3,(H,13,14). The number of para-hydroxylation sites is 1. The number of nitrogens with two attached hydrogens (primary N) is 1. The van der Waals surface area contributed by atoms with Crippen molar-refractivity contribution in [1.82, 2.24) is 4.98 Å². The molecule has 17 heavy (non-hydrogen) atoms. The Bertz CT molecular complexity index is 498. The number of aliphatic hydroxyl groups is 1. The summed E-state index contributed by atoms with van der Waals surface area (Å²) in [6.07, 6.45) is 0. The summed E-state index contributed by atoms with van der Waals surface area (Å²) in [6, 6.07) is 5.41. The molecule has 6 heteroatoms. The Morgan fingerprint density at radius 2 is 2.41 bits per heavy atom. The number of nitrogens with one attached hydrogen (secondary N) is 1. The molecule has 1 aromatic heterocycles. The van der Waals surface area contributed by atoms with Crippen LogP contribution in [-0.4, -0.2) is 36.5 Å². The van der Waals surface area contributed by atoms with E-state index in [0.717, 1.165) is 0 Å². The van der Waals surface area contributed by atoms with Crippen LogP contribution in [0.15, 0.2) is 22.6 Å². The predicted molar refractivity (Wildman–Crippen MR) is 64.8 cm³/mol. The Hall–Kier alpha value is -1.79. The Morgan fingerprint density at radius 3 is 3.06 bits per heavy atom. The van der Waals surface area contributed by atoms with E-state index >= 15 is 0 Å². The van der Waals surface area contributed by atoms with Gasteiger partial charge in [0.05, 0.1) is 24.9 Å². The average molecular weight is 237 g/mol. The monoisotopic (exact) mass is 237 g/mol. The number of benzene rings is 1. The van der Waals surface area contributed by atoms with Crippen molar-refractivity contribution < 1.29 is 14.3 Å². The summed E-state index contributed by atoms with van der Waals surface area (Å²) in [7, 11) is 1.56. The van der Waals surface area contributed by atoms with E-state index in [-0.39, 0.29) is 12.6 Å². The topological polar surface area (TPSA) is 93.5 Å². The molecule has 0 aliphatic carbocycles. The number of hydrogen-bond acceptors (Lipinski definition) is 6. The van der Waals surface area contributed by atoms with E-state index < -0.39 is 0 Å². The molecule has 1 unspecified atom stereocenters. The first-order valence-electron chi connectivity index (χ1n) is 5.26. The molecular weight excluding hydrogens is 222 g/mol. The van der Waals surface area contributed by atoms with Crippen LogP contribution in [0.2, 0.25) is 0 Å². The Balaban J connectivity index is 2.21. The van der Waals surface area contributed by atoms with E-state index in [9.17, 15) is 0 Å². The molecule has 0 saturated carbocycles. The molecule has 0 fully saturated rings. The van der Waals surface area contributed by atoms with Gasteiger partial charge < -0.3 is 25.3 Å². The van der Waals surface area contributed by atoms with E-state index in [1.807, 2.05) is 0 Å². The molecule has 1 heterocycles. The summed E-state index contributed by atoms with van der Waals surface area (Å²) in [5.74, 6) is 0. The van der Waals surface area contributed by atoms with Gasteiger partial charge in [-0.15, -0.1) is 0 Å². The second kappa shape index (κ2) is 5.03. The van der Waals surface area contributed by atoms with Crippen molar-refractivity contribution in [1.29, 1.82) is 0 Å². The number of aromatic nitrogens is 1. The SMILES string of the molecule is COCC(CO)Nc1nc2c(N)cccc2o1. The highest BCUT2D eigenvalue weighted by molar-refractivity contribution is 5.86. The van der Waals surface area contributed by atoms with Gasteiger partial charge >= 0.3 is 0 Å². The molecule has 0 aliphatic rings. The molecule has 0 spiro atoms. The van der Waals surface area contributed by atoms with Gasteiger partial charge in [0.15, 0.2) is 5.58 Å². The second-order valence-corrected chi connectivity index (χ2v) is 3.69. The van der Waals surface area contributed by atoms with Crippen LogP contribution in [0.1, 0.15) is 0 Å². The maximum absolute atomic E-state index is 9.11. The molecular formula is C11H15N3O3. The van der Waals surface area contributed by atoms with Crippen molar-refractivity contribution >= 4 is 22.8 Å². The van der Waals surface area contributed by atoms with E-state index in [4.69, 9.17) is 20.0 Å². The van der Waals surface area contributed by atoms with E-state index in [1.165, 1.54) is 0 Å². The fourth-order valence-corrected chi connectivity index (χ4v) is 1.55. The summed E-state index contributed by atoms with van der Waals surface area (Å²) in [4.78, 5) is 4.21. The zero-order valence-corrected chi connectivity index (χ0v) is 9.51. The van der Waals surface area contributed by atoms with Crippen LogP contribution in [0, 0.1) is 0 Å². The molecule has 1 atom stereocenters. The van der Waals surface area contributed by atoms with Crippen LogP contribution in [0.5, 0.6) is 0 Å². The molecule has 0 amide bonds. The van der Waals surface area contributed by atoms with Gasteiger partial charge in [0, 0.05) is 7.11 Å². The quantitative estimate of drug-likeness (QED) is 0.667. The van der Waals surface area contributed by atoms with Crippen LogP contribution in [0.3, 0.4) is 0 Å². The van der Waals surface area contributed by atoms with Crippen molar-refractivity contribution in [2.75, 3.05) is 31.4 Å². The lowest BCUT2D eigenvalue weighted by Crippen LogP contribution is -2.28. The lowest BCUT2D eigenvalue weighted by Gasteiger charge is -2.12. The predicted octanol–water partition coefficient (Wildman–Crippen LogP) is 0.829. The highest BCUT2D eigenvalue weighted by Crippen LogP contribution is 2.23. The van der Waals surface area contributed by atoms with Crippen molar-refractivity contribution in [2.45, 2.75) is 6.04 Å². The van der Waals surface area contributed by atoms with Crippen LogP contribution in [-0.2, 0) is 4.74 Å². The van der Waals surface area contributed by atoms with Crippen LogP contribution < -0.4 is 11.1 Å². The molecule has 92 valence electrons. The van der Waals surface area contributed by atoms with Crippen LogP contribution >= 0.6 is 0 Å². The lowest BCUT2D eigenvalue weighted by atomic mass is 10.3. The number of ether oxygens (including phenoxy) is 1. The third-order valence-electron chi connectivity index (χ3n) is 2.37. The van der Waals surface area contributed by atoms with Crippen LogP contribution in [0.25, 0.3) is 11.1 Å². The molecule has 2 aromatic rings. The zero-order chi connectivity index (χ0) is 12.3. The summed E-state index contributed by atoms with van der Waals surface area (Å²) in [5.41, 5.74) is 7.56. The van der Waals surface area contributed by atoms with Gasteiger partial charge in [-0.3, -0.25) is 0 Å². The summed E-state index contributed by atoms with van der Waals surface area (Å²) in [6.45, 7) is 0.298. The number of aliphatic hydroxyl groups excluding tert-OH is 1. The summed E-state index contributed by atoms with van der Waals surface area (Å²) in [5, 5.41) is 12.0. The van der Waals surface area contributed by atoms with E-state index in [2.05, 4.69) is 10.3 Å². The molecule has 1 aromatic carbocycles. The highest BCUT2D eigenvalue weighted by Gasteiger charge is 2.12. The van der Waals surface area contributed by atoms with Crippen LogP contribution in [0.4, 0.5) is 11.7 Å². The number of fused-ring (bicyclic) bond motifs is 1. The largest absolute Gasteiger partial charge is 0.423 e. The van der Waals surface area contributed by atoms with Crippen molar-refractivity contribution in [3.05, 3.63) is 18.2 Å². The highest BCUT2D eigenvalue weighted by atomic mass is 16.5. The van der Waals surface area contributed by atoms with Gasteiger partial charge in [-0.25, -0.2) is 0 Å². The van der Waals surface area contributed by atoms with Gasteiger partial charge in [-0.1, -0.05) is 6.07 Å². The normalized spacial score (nSPS) is 12.8. The first-order chi connectivity index (χ1) is 8.24. The van der Waals surface area contributed by atoms with E-state index in [1.54, 1.807) is 25.3 Å². The number of nitrogens with zero attached hydrogens (tertiary/aromatic N) is 1. The molecule has 0 aliphatic heterocycles. The number of methoxy groups -OCH3 is 1. The Labute approximate surface area is 98.4 Å². The first-order valence-corrected chi connectivity index (χ1v) is 5.26. The minimum atomic E-state index is -0.255. The molecule has 0 radical (unpaired) electrons. The van der Waals surface area contributed by atoms with Gasteiger partial charge in [0.25, 0.3) is 6.01 Å². The zero-order valence-electron chi connectivity index (χ0n) is 9.51. The van der Waals surface area contributed by atoms with Gasteiger partial charge in [0.1, 0.15) is 5.52 Å². The smallest absolute Gasteiger partial charge is 0.296 e.